The zero-order valence-electron chi connectivity index (χ0n) is 9.71. The van der Waals surface area contributed by atoms with Crippen LogP contribution in [0.4, 0.5) is 0 Å². The predicted octanol–water partition coefficient (Wildman–Crippen LogP) is 2.64. The number of rotatable bonds is 5. The van der Waals surface area contributed by atoms with E-state index in [1.165, 1.54) is 0 Å². The van der Waals surface area contributed by atoms with Gasteiger partial charge in [-0.15, -0.1) is 16.8 Å². The van der Waals surface area contributed by atoms with Crippen molar-refractivity contribution in [3.63, 3.8) is 0 Å². The highest BCUT2D eigenvalue weighted by Crippen LogP contribution is 2.23. The third kappa shape index (κ3) is 2.55. The number of aromatic nitrogens is 4. The van der Waals surface area contributed by atoms with Crippen molar-refractivity contribution in [1.82, 2.24) is 19.7 Å². The number of allylic oxidation sites excluding steroid dienone is 1. The van der Waals surface area contributed by atoms with Gasteiger partial charge < -0.3 is 0 Å². The molecule has 2 aromatic rings. The van der Waals surface area contributed by atoms with Crippen LogP contribution < -0.4 is 0 Å². The maximum atomic E-state index is 4.24. The lowest BCUT2D eigenvalue weighted by Crippen LogP contribution is -2.00. The second-order valence-corrected chi connectivity index (χ2v) is 4.61. The van der Waals surface area contributed by atoms with Crippen LogP contribution in [-0.2, 0) is 6.54 Å². The Balaban J connectivity index is 2.43. The number of nitrogens with zero attached hydrogens (tertiary/aromatic N) is 4. The van der Waals surface area contributed by atoms with E-state index in [4.69, 9.17) is 0 Å². The molecule has 2 aromatic heterocycles. The van der Waals surface area contributed by atoms with E-state index in [2.05, 4.69) is 33.3 Å². The molecule has 0 aliphatic heterocycles. The van der Waals surface area contributed by atoms with Crippen LogP contribution in [0.1, 0.15) is 6.92 Å². The van der Waals surface area contributed by atoms with Gasteiger partial charge in [0.1, 0.15) is 0 Å². The van der Waals surface area contributed by atoms with Crippen LogP contribution in [-0.4, -0.2) is 25.5 Å². The highest BCUT2D eigenvalue weighted by Gasteiger charge is 2.12. The van der Waals surface area contributed by atoms with E-state index < -0.39 is 0 Å². The monoisotopic (exact) mass is 246 g/mol. The van der Waals surface area contributed by atoms with Crippen molar-refractivity contribution in [3.05, 3.63) is 37.2 Å². The number of pyridine rings is 1. The largest absolute Gasteiger partial charge is 0.298 e. The van der Waals surface area contributed by atoms with Crippen molar-refractivity contribution in [2.75, 3.05) is 5.75 Å². The second-order valence-electron chi connectivity index (χ2n) is 3.37. The molecule has 0 saturated carbocycles. The fourth-order valence-electron chi connectivity index (χ4n) is 1.53. The third-order valence-electron chi connectivity index (χ3n) is 2.24. The average molecular weight is 246 g/mol. The van der Waals surface area contributed by atoms with Crippen LogP contribution in [0.25, 0.3) is 11.4 Å². The summed E-state index contributed by atoms with van der Waals surface area (Å²) in [5.74, 6) is 1.84. The SMILES string of the molecule is C=CCn1c(SCC)nnc1-c1ccncc1. The van der Waals surface area contributed by atoms with Crippen LogP contribution in [0, 0.1) is 0 Å². The molecule has 0 bridgehead atoms. The van der Waals surface area contributed by atoms with E-state index in [0.717, 1.165) is 22.3 Å². The van der Waals surface area contributed by atoms with Gasteiger partial charge in [0.2, 0.25) is 0 Å². The maximum absolute atomic E-state index is 4.24. The van der Waals surface area contributed by atoms with Crippen LogP contribution in [0.2, 0.25) is 0 Å². The Kier molecular flexibility index (Phi) is 3.93. The number of thioether (sulfide) groups is 1. The van der Waals surface area contributed by atoms with Gasteiger partial charge in [-0.2, -0.15) is 0 Å². The Morgan fingerprint density at radius 2 is 2.12 bits per heavy atom. The summed E-state index contributed by atoms with van der Waals surface area (Å²) < 4.78 is 2.07. The van der Waals surface area contributed by atoms with Gasteiger partial charge in [0.15, 0.2) is 11.0 Å². The molecule has 0 spiro atoms. The van der Waals surface area contributed by atoms with E-state index in [1.54, 1.807) is 24.2 Å². The minimum absolute atomic E-state index is 0.715. The van der Waals surface area contributed by atoms with Crippen LogP contribution in [0.3, 0.4) is 0 Å². The molecule has 0 N–H and O–H groups in total. The van der Waals surface area contributed by atoms with Gasteiger partial charge in [-0.1, -0.05) is 24.8 Å². The predicted molar refractivity (Wildman–Crippen MR) is 69.8 cm³/mol. The average Bonchev–Trinajstić information content (AvgIpc) is 2.75. The molecule has 0 amide bonds. The van der Waals surface area contributed by atoms with Gasteiger partial charge in [0.25, 0.3) is 0 Å². The zero-order valence-corrected chi connectivity index (χ0v) is 10.5. The van der Waals surface area contributed by atoms with Gasteiger partial charge in [-0.3, -0.25) is 9.55 Å². The summed E-state index contributed by atoms with van der Waals surface area (Å²) in [6.07, 6.45) is 5.37. The van der Waals surface area contributed by atoms with E-state index in [0.29, 0.717) is 6.54 Å². The Morgan fingerprint density at radius 1 is 1.35 bits per heavy atom. The smallest absolute Gasteiger partial charge is 0.191 e. The van der Waals surface area contributed by atoms with Crippen molar-refractivity contribution in [3.8, 4) is 11.4 Å². The minimum Gasteiger partial charge on any atom is -0.298 e. The van der Waals surface area contributed by atoms with Gasteiger partial charge in [0.05, 0.1) is 0 Å². The molecule has 2 heterocycles. The van der Waals surface area contributed by atoms with Gasteiger partial charge >= 0.3 is 0 Å². The first-order valence-corrected chi connectivity index (χ1v) is 6.42. The van der Waals surface area contributed by atoms with E-state index in [1.807, 2.05) is 18.2 Å². The van der Waals surface area contributed by atoms with Crippen LogP contribution in [0.5, 0.6) is 0 Å². The highest BCUT2D eigenvalue weighted by atomic mass is 32.2. The molecule has 0 radical (unpaired) electrons. The molecule has 0 unspecified atom stereocenters. The van der Waals surface area contributed by atoms with Crippen molar-refractivity contribution < 1.29 is 0 Å². The Labute approximate surface area is 105 Å². The standard InChI is InChI=1S/C12H14N4S/c1-3-9-16-11(10-5-7-13-8-6-10)14-15-12(16)17-4-2/h3,5-8H,1,4,9H2,2H3. The van der Waals surface area contributed by atoms with Crippen LogP contribution >= 0.6 is 11.8 Å². The maximum Gasteiger partial charge on any atom is 0.191 e. The van der Waals surface area contributed by atoms with Crippen molar-refractivity contribution >= 4 is 11.8 Å². The van der Waals surface area contributed by atoms with Crippen molar-refractivity contribution in [2.24, 2.45) is 0 Å². The normalized spacial score (nSPS) is 10.4. The highest BCUT2D eigenvalue weighted by molar-refractivity contribution is 7.99. The molecule has 5 heteroatoms. The fraction of sp³-hybridized carbons (Fsp3) is 0.250. The molecule has 0 saturated heterocycles. The first kappa shape index (κ1) is 11.9. The first-order valence-electron chi connectivity index (χ1n) is 5.44. The molecule has 4 nitrogen and oxygen atoms in total. The molecule has 0 atom stereocenters. The molecule has 0 aliphatic rings. The topological polar surface area (TPSA) is 43.6 Å². The quantitative estimate of drug-likeness (QED) is 0.601. The fourth-order valence-corrected chi connectivity index (χ4v) is 2.21. The lowest BCUT2D eigenvalue weighted by molar-refractivity contribution is 0.731. The third-order valence-corrected chi connectivity index (χ3v) is 3.09. The molecule has 2 rings (SSSR count). The molecule has 0 aromatic carbocycles. The number of hydrogen-bond acceptors (Lipinski definition) is 4. The molecule has 0 fully saturated rings. The molecule has 0 aliphatic carbocycles. The lowest BCUT2D eigenvalue weighted by Gasteiger charge is -2.06. The molecule has 88 valence electrons. The Hall–Kier alpha value is -1.62. The van der Waals surface area contributed by atoms with Crippen LogP contribution in [0.15, 0.2) is 42.3 Å². The van der Waals surface area contributed by atoms with Gasteiger partial charge in [0, 0.05) is 24.5 Å². The molecular weight excluding hydrogens is 232 g/mol. The summed E-state index contributed by atoms with van der Waals surface area (Å²) in [5, 5.41) is 9.38. The zero-order chi connectivity index (χ0) is 12.1. The molecule has 17 heavy (non-hydrogen) atoms. The second kappa shape index (κ2) is 5.63. The van der Waals surface area contributed by atoms with E-state index in [9.17, 15) is 0 Å². The van der Waals surface area contributed by atoms with Gasteiger partial charge in [-0.25, -0.2) is 0 Å². The lowest BCUT2D eigenvalue weighted by atomic mass is 10.2. The molecular formula is C12H14N4S. The summed E-state index contributed by atoms with van der Waals surface area (Å²) in [6, 6.07) is 3.87. The van der Waals surface area contributed by atoms with Crippen molar-refractivity contribution in [1.29, 1.82) is 0 Å². The number of hydrogen-bond donors (Lipinski definition) is 0. The van der Waals surface area contributed by atoms with E-state index >= 15 is 0 Å². The summed E-state index contributed by atoms with van der Waals surface area (Å²) in [7, 11) is 0. The summed E-state index contributed by atoms with van der Waals surface area (Å²) in [4.78, 5) is 4.01. The van der Waals surface area contributed by atoms with Gasteiger partial charge in [-0.05, 0) is 17.9 Å². The minimum atomic E-state index is 0.715. The summed E-state index contributed by atoms with van der Waals surface area (Å²) >= 11 is 1.68. The van der Waals surface area contributed by atoms with Crippen molar-refractivity contribution in [2.45, 2.75) is 18.6 Å². The summed E-state index contributed by atoms with van der Waals surface area (Å²) in [6.45, 7) is 6.59. The van der Waals surface area contributed by atoms with E-state index in [-0.39, 0.29) is 0 Å². The summed E-state index contributed by atoms with van der Waals surface area (Å²) in [5.41, 5.74) is 1.03. The first-order chi connectivity index (χ1) is 8.36. The Bertz CT molecular complexity index is 492. The Morgan fingerprint density at radius 3 is 2.76 bits per heavy atom.